The second-order valence-electron chi connectivity index (χ2n) is 6.46. The van der Waals surface area contributed by atoms with Crippen molar-refractivity contribution >= 4 is 17.6 Å². The van der Waals surface area contributed by atoms with E-state index < -0.39 is 12.6 Å². The molecule has 0 aliphatic heterocycles. The van der Waals surface area contributed by atoms with Crippen LogP contribution in [0.1, 0.15) is 22.5 Å². The Morgan fingerprint density at radius 3 is 2.43 bits per heavy atom. The van der Waals surface area contributed by atoms with Gasteiger partial charge in [0.15, 0.2) is 0 Å². The predicted octanol–water partition coefficient (Wildman–Crippen LogP) is 1.13. The Kier molecular flexibility index (Phi) is 8.20. The van der Waals surface area contributed by atoms with E-state index in [4.69, 9.17) is 20.8 Å². The number of rotatable bonds is 7. The fourth-order valence-corrected chi connectivity index (χ4v) is 3.10. The van der Waals surface area contributed by atoms with Crippen LogP contribution in [0.3, 0.4) is 0 Å². The molecule has 0 bridgehead atoms. The number of halogens is 1. The molecular formula is C22H20ClNaO4. The van der Waals surface area contributed by atoms with Crippen LogP contribution in [0, 0.1) is 13.8 Å². The van der Waals surface area contributed by atoms with Crippen LogP contribution in [0.25, 0.3) is 11.3 Å². The second kappa shape index (κ2) is 10.2. The molecule has 0 spiro atoms. The van der Waals surface area contributed by atoms with Gasteiger partial charge in [0.2, 0.25) is 0 Å². The van der Waals surface area contributed by atoms with Gasteiger partial charge in [-0.05, 0) is 79.8 Å². The Balaban J connectivity index is 0.00000280. The van der Waals surface area contributed by atoms with Crippen molar-refractivity contribution < 1.29 is 48.6 Å². The van der Waals surface area contributed by atoms with Gasteiger partial charge in [0, 0.05) is 10.6 Å². The maximum absolute atomic E-state index is 10.5. The number of carbonyl (C=O) groups excluding carboxylic acids is 1. The van der Waals surface area contributed by atoms with E-state index in [9.17, 15) is 9.90 Å². The van der Waals surface area contributed by atoms with E-state index in [1.54, 1.807) is 6.07 Å². The number of aliphatic carboxylic acids is 1. The Hall–Kier alpha value is -1.72. The number of carboxylic acid groups (broad SMARTS) is 1. The molecule has 4 nitrogen and oxygen atoms in total. The minimum absolute atomic E-state index is 0. The quantitative estimate of drug-likeness (QED) is 0.552. The fourth-order valence-electron chi connectivity index (χ4n) is 2.97. The van der Waals surface area contributed by atoms with Gasteiger partial charge in [-0.25, -0.2) is 0 Å². The molecule has 1 heterocycles. The molecular weight excluding hydrogens is 387 g/mol. The van der Waals surface area contributed by atoms with E-state index in [1.807, 2.05) is 50.2 Å². The third-order valence-corrected chi connectivity index (χ3v) is 4.67. The molecule has 6 heteroatoms. The van der Waals surface area contributed by atoms with Gasteiger partial charge in [-0.2, -0.15) is 0 Å². The van der Waals surface area contributed by atoms with Gasteiger partial charge in [0.05, 0.1) is 5.97 Å². The van der Waals surface area contributed by atoms with E-state index in [0.717, 1.165) is 46.6 Å². The summed E-state index contributed by atoms with van der Waals surface area (Å²) in [7, 11) is 0. The summed E-state index contributed by atoms with van der Waals surface area (Å²) in [5, 5.41) is 11.2. The van der Waals surface area contributed by atoms with Crippen LogP contribution in [0.15, 0.2) is 52.9 Å². The summed E-state index contributed by atoms with van der Waals surface area (Å²) in [5.74, 6) is 1.07. The first-order valence-electron chi connectivity index (χ1n) is 8.70. The van der Waals surface area contributed by atoms with Gasteiger partial charge < -0.3 is 19.1 Å². The fraction of sp³-hybridized carbons (Fsp3) is 0.227. The zero-order valence-electron chi connectivity index (χ0n) is 16.3. The molecule has 0 aliphatic carbocycles. The predicted molar refractivity (Wildman–Crippen MR) is 103 cm³/mol. The molecule has 0 amide bonds. The van der Waals surface area contributed by atoms with E-state index >= 15 is 0 Å². The molecule has 0 N–H and O–H groups in total. The summed E-state index contributed by atoms with van der Waals surface area (Å²) in [5.41, 5.74) is 4.22. The monoisotopic (exact) mass is 406 g/mol. The molecule has 0 saturated carbocycles. The molecule has 0 atom stereocenters. The van der Waals surface area contributed by atoms with Crippen molar-refractivity contribution in [1.29, 1.82) is 0 Å². The Morgan fingerprint density at radius 1 is 1.07 bits per heavy atom. The number of benzene rings is 2. The van der Waals surface area contributed by atoms with Crippen molar-refractivity contribution in [2.75, 3.05) is 6.61 Å². The van der Waals surface area contributed by atoms with E-state index in [-0.39, 0.29) is 29.6 Å². The van der Waals surface area contributed by atoms with E-state index in [0.29, 0.717) is 10.8 Å². The van der Waals surface area contributed by atoms with Gasteiger partial charge in [-0.1, -0.05) is 23.7 Å². The minimum Gasteiger partial charge on any atom is -0.546 e. The van der Waals surface area contributed by atoms with Crippen molar-refractivity contribution in [2.45, 2.75) is 26.7 Å². The number of carbonyl (C=O) groups is 1. The van der Waals surface area contributed by atoms with Crippen molar-refractivity contribution in [3.05, 3.63) is 76.0 Å². The number of aryl methyl sites for hydroxylation is 4. The summed E-state index contributed by atoms with van der Waals surface area (Å²) in [6.07, 6.45) is 1.70. The number of furan rings is 1. The molecule has 28 heavy (non-hydrogen) atoms. The number of hydrogen-bond donors (Lipinski definition) is 0. The molecule has 140 valence electrons. The van der Waals surface area contributed by atoms with Crippen molar-refractivity contribution in [2.24, 2.45) is 0 Å². The third-order valence-electron chi connectivity index (χ3n) is 4.42. The molecule has 3 rings (SSSR count). The maximum Gasteiger partial charge on any atom is 1.00 e. The zero-order valence-corrected chi connectivity index (χ0v) is 19.0. The molecule has 2 aromatic carbocycles. The van der Waals surface area contributed by atoms with Crippen LogP contribution in [0.4, 0.5) is 0 Å². The number of ether oxygens (including phenoxy) is 1. The third kappa shape index (κ3) is 5.89. The topological polar surface area (TPSA) is 62.5 Å². The summed E-state index contributed by atoms with van der Waals surface area (Å²) >= 11 is 5.94. The average Bonchev–Trinajstić information content (AvgIpc) is 3.00. The summed E-state index contributed by atoms with van der Waals surface area (Å²) in [6, 6.07) is 15.4. The van der Waals surface area contributed by atoms with Crippen molar-refractivity contribution in [3.8, 4) is 17.1 Å². The average molecular weight is 407 g/mol. The molecule has 1 aromatic heterocycles. The minimum atomic E-state index is -1.23. The Morgan fingerprint density at radius 2 is 1.79 bits per heavy atom. The van der Waals surface area contributed by atoms with Gasteiger partial charge in [-0.3, -0.25) is 0 Å². The van der Waals surface area contributed by atoms with Crippen LogP contribution in [0.2, 0.25) is 5.02 Å². The summed E-state index contributed by atoms with van der Waals surface area (Å²) < 4.78 is 11.1. The molecule has 0 saturated heterocycles. The summed E-state index contributed by atoms with van der Waals surface area (Å²) in [6.45, 7) is 3.43. The zero-order chi connectivity index (χ0) is 19.4. The van der Waals surface area contributed by atoms with Crippen LogP contribution in [0.5, 0.6) is 5.75 Å². The Labute approximate surface area is 191 Å². The number of hydrogen-bond acceptors (Lipinski definition) is 4. The van der Waals surface area contributed by atoms with Crippen LogP contribution in [-0.2, 0) is 17.6 Å². The standard InChI is InChI=1S/C22H21ClO4.Na/c1-14-11-16(4-10-20(14)26-13-22(24)25)3-5-18-12-21(27-15(18)2)17-6-8-19(23)9-7-17;/h4,6-12H,3,5,13H2,1-2H3,(H,24,25);/q;+1/p-1. The van der Waals surface area contributed by atoms with Gasteiger partial charge in [0.1, 0.15) is 23.9 Å². The maximum atomic E-state index is 10.5. The smallest absolute Gasteiger partial charge is 0.546 e. The van der Waals surface area contributed by atoms with Crippen molar-refractivity contribution in [1.82, 2.24) is 0 Å². The van der Waals surface area contributed by atoms with Crippen LogP contribution < -0.4 is 39.4 Å². The summed E-state index contributed by atoms with van der Waals surface area (Å²) in [4.78, 5) is 10.5. The van der Waals surface area contributed by atoms with E-state index in [1.165, 1.54) is 0 Å². The molecule has 0 radical (unpaired) electrons. The first kappa shape index (κ1) is 22.6. The Bertz CT molecular complexity index is 948. The first-order chi connectivity index (χ1) is 12.9. The second-order valence-corrected chi connectivity index (χ2v) is 6.90. The molecule has 0 unspecified atom stereocenters. The van der Waals surface area contributed by atoms with Gasteiger partial charge in [0.25, 0.3) is 0 Å². The molecule has 0 aliphatic rings. The van der Waals surface area contributed by atoms with Gasteiger partial charge in [-0.15, -0.1) is 0 Å². The van der Waals surface area contributed by atoms with Gasteiger partial charge >= 0.3 is 29.6 Å². The molecule has 3 aromatic rings. The SMILES string of the molecule is Cc1cc(CCc2cc(-c3ccc(Cl)cc3)oc2C)ccc1OCC(=O)[O-].[Na+]. The van der Waals surface area contributed by atoms with Crippen LogP contribution >= 0.6 is 11.6 Å². The molecule has 0 fully saturated rings. The first-order valence-corrected chi connectivity index (χ1v) is 9.07. The normalized spacial score (nSPS) is 10.4. The van der Waals surface area contributed by atoms with Crippen molar-refractivity contribution in [3.63, 3.8) is 0 Å². The van der Waals surface area contributed by atoms with Crippen LogP contribution in [-0.4, -0.2) is 12.6 Å². The largest absolute Gasteiger partial charge is 1.00 e. The number of carboxylic acids is 1. The van der Waals surface area contributed by atoms with E-state index in [2.05, 4.69) is 6.07 Å².